The predicted molar refractivity (Wildman–Crippen MR) is 95.8 cm³/mol. The lowest BCUT2D eigenvalue weighted by Crippen LogP contribution is -2.32. The van der Waals surface area contributed by atoms with E-state index in [2.05, 4.69) is 11.9 Å². The minimum Gasteiger partial charge on any atom is -0.464 e. The number of hydrogen-bond donors (Lipinski definition) is 0. The first-order valence-corrected chi connectivity index (χ1v) is 9.45. The summed E-state index contributed by atoms with van der Waals surface area (Å²) in [4.78, 5) is 32.0. The predicted octanol–water partition coefficient (Wildman–Crippen LogP) is 3.41. The quantitative estimate of drug-likeness (QED) is 0.795. The first-order chi connectivity index (χ1) is 11.4. The van der Waals surface area contributed by atoms with Crippen LogP contribution < -0.4 is 5.56 Å². The molecule has 24 heavy (non-hydrogen) atoms. The lowest BCUT2D eigenvalue weighted by Gasteiger charge is -2.18. The summed E-state index contributed by atoms with van der Waals surface area (Å²) in [5, 5.41) is 0.711. The Kier molecular flexibility index (Phi) is 4.76. The van der Waals surface area contributed by atoms with E-state index in [1.54, 1.807) is 25.2 Å². The third-order valence-corrected chi connectivity index (χ3v) is 5.86. The van der Waals surface area contributed by atoms with Crippen molar-refractivity contribution in [2.24, 2.45) is 5.92 Å². The van der Waals surface area contributed by atoms with Crippen LogP contribution >= 0.6 is 11.3 Å². The number of aryl methyl sites for hydroxylation is 2. The molecule has 1 aliphatic carbocycles. The Balaban J connectivity index is 2.10. The van der Waals surface area contributed by atoms with Crippen molar-refractivity contribution in [3.8, 4) is 0 Å². The zero-order valence-corrected chi connectivity index (χ0v) is 15.5. The molecule has 6 heteroatoms. The highest BCUT2D eigenvalue weighted by Crippen LogP contribution is 2.36. The van der Waals surface area contributed by atoms with Gasteiger partial charge in [0.2, 0.25) is 0 Å². The van der Waals surface area contributed by atoms with Crippen molar-refractivity contribution in [3.63, 3.8) is 0 Å². The van der Waals surface area contributed by atoms with E-state index in [0.717, 1.165) is 36.1 Å². The summed E-state index contributed by atoms with van der Waals surface area (Å²) in [6.07, 6.45) is 3.80. The number of carbonyl (C=O) groups excluding carboxylic acids is 1. The van der Waals surface area contributed by atoms with Crippen molar-refractivity contribution in [2.45, 2.75) is 59.4 Å². The highest BCUT2D eigenvalue weighted by molar-refractivity contribution is 7.18. The van der Waals surface area contributed by atoms with E-state index >= 15 is 0 Å². The third kappa shape index (κ3) is 2.88. The fourth-order valence-electron chi connectivity index (χ4n) is 3.39. The van der Waals surface area contributed by atoms with Gasteiger partial charge in [0.25, 0.3) is 5.56 Å². The van der Waals surface area contributed by atoms with Gasteiger partial charge in [0, 0.05) is 4.88 Å². The van der Waals surface area contributed by atoms with Crippen LogP contribution in [0.3, 0.4) is 0 Å². The van der Waals surface area contributed by atoms with Crippen LogP contribution in [0.1, 0.15) is 55.9 Å². The molecule has 3 rings (SSSR count). The van der Waals surface area contributed by atoms with E-state index in [4.69, 9.17) is 4.74 Å². The van der Waals surface area contributed by atoms with Crippen LogP contribution in [0.2, 0.25) is 0 Å². The van der Waals surface area contributed by atoms with Crippen LogP contribution in [-0.2, 0) is 22.4 Å². The van der Waals surface area contributed by atoms with Gasteiger partial charge in [-0.2, -0.15) is 0 Å². The second kappa shape index (κ2) is 6.67. The Morgan fingerprint density at radius 3 is 2.96 bits per heavy atom. The molecule has 2 heterocycles. The molecule has 0 amide bonds. The van der Waals surface area contributed by atoms with Crippen LogP contribution in [0, 0.1) is 12.8 Å². The van der Waals surface area contributed by atoms with E-state index in [9.17, 15) is 9.59 Å². The fourth-order valence-corrected chi connectivity index (χ4v) is 4.81. The number of carbonyl (C=O) groups is 1. The molecule has 2 atom stereocenters. The average molecular weight is 348 g/mol. The van der Waals surface area contributed by atoms with E-state index < -0.39 is 6.04 Å². The maximum atomic E-state index is 13.1. The second-order valence-electron chi connectivity index (χ2n) is 6.71. The van der Waals surface area contributed by atoms with Gasteiger partial charge in [0.15, 0.2) is 0 Å². The van der Waals surface area contributed by atoms with Crippen LogP contribution in [0.25, 0.3) is 10.2 Å². The highest BCUT2D eigenvalue weighted by atomic mass is 32.1. The van der Waals surface area contributed by atoms with Crippen molar-refractivity contribution >= 4 is 27.5 Å². The number of esters is 1. The van der Waals surface area contributed by atoms with Gasteiger partial charge in [-0.25, -0.2) is 9.78 Å². The van der Waals surface area contributed by atoms with E-state index in [1.807, 2.05) is 6.92 Å². The molecule has 0 bridgehead atoms. The summed E-state index contributed by atoms with van der Waals surface area (Å²) in [6, 6.07) is -0.654. The van der Waals surface area contributed by atoms with Crippen LogP contribution in [-0.4, -0.2) is 22.1 Å². The van der Waals surface area contributed by atoms with Crippen molar-refractivity contribution < 1.29 is 9.53 Å². The topological polar surface area (TPSA) is 61.2 Å². The minimum absolute atomic E-state index is 0.106. The zero-order chi connectivity index (χ0) is 17.4. The molecule has 0 aromatic carbocycles. The second-order valence-corrected chi connectivity index (χ2v) is 7.79. The first-order valence-electron chi connectivity index (χ1n) is 8.64. The van der Waals surface area contributed by atoms with Gasteiger partial charge in [0.05, 0.1) is 12.0 Å². The molecule has 2 unspecified atom stereocenters. The van der Waals surface area contributed by atoms with Crippen LogP contribution in [0.5, 0.6) is 0 Å². The van der Waals surface area contributed by atoms with Gasteiger partial charge in [-0.05, 0) is 51.0 Å². The van der Waals surface area contributed by atoms with Gasteiger partial charge in [-0.1, -0.05) is 13.8 Å². The SMILES string of the molecule is CCCOC(=O)C(C)n1c(C)nc2sc3c(c2c1=O)CCC(C)C3. The summed E-state index contributed by atoms with van der Waals surface area (Å²) in [5.41, 5.74) is 1.04. The first kappa shape index (κ1) is 17.1. The summed E-state index contributed by atoms with van der Waals surface area (Å²) in [7, 11) is 0. The van der Waals surface area contributed by atoms with Crippen molar-refractivity contribution in [3.05, 3.63) is 26.6 Å². The lowest BCUT2D eigenvalue weighted by atomic mass is 9.89. The van der Waals surface area contributed by atoms with Gasteiger partial charge >= 0.3 is 5.97 Å². The molecule has 130 valence electrons. The monoisotopic (exact) mass is 348 g/mol. The molecule has 0 fully saturated rings. The third-order valence-electron chi connectivity index (χ3n) is 4.71. The molecule has 5 nitrogen and oxygen atoms in total. The number of ether oxygens (including phenoxy) is 1. The Bertz CT molecular complexity index is 837. The lowest BCUT2D eigenvalue weighted by molar-refractivity contribution is -0.147. The number of rotatable bonds is 4. The van der Waals surface area contributed by atoms with Crippen LogP contribution in [0.15, 0.2) is 4.79 Å². The molecule has 2 aromatic heterocycles. The summed E-state index contributed by atoms with van der Waals surface area (Å²) >= 11 is 1.63. The zero-order valence-electron chi connectivity index (χ0n) is 14.7. The largest absolute Gasteiger partial charge is 0.464 e. The molecule has 0 radical (unpaired) electrons. The van der Waals surface area contributed by atoms with E-state index in [-0.39, 0.29) is 11.5 Å². The van der Waals surface area contributed by atoms with Gasteiger partial charge in [0.1, 0.15) is 16.7 Å². The smallest absolute Gasteiger partial charge is 0.329 e. The Labute approximate surface area is 145 Å². The maximum Gasteiger partial charge on any atom is 0.329 e. The molecule has 0 spiro atoms. The Morgan fingerprint density at radius 1 is 1.50 bits per heavy atom. The van der Waals surface area contributed by atoms with E-state index in [1.165, 1.54) is 9.44 Å². The van der Waals surface area contributed by atoms with Gasteiger partial charge < -0.3 is 4.74 Å². The molecule has 1 aliphatic rings. The molecule has 0 N–H and O–H groups in total. The highest BCUT2D eigenvalue weighted by Gasteiger charge is 2.27. The van der Waals surface area contributed by atoms with E-state index in [0.29, 0.717) is 23.7 Å². The van der Waals surface area contributed by atoms with Crippen LogP contribution in [0.4, 0.5) is 0 Å². The Morgan fingerprint density at radius 2 is 2.25 bits per heavy atom. The van der Waals surface area contributed by atoms with Crippen molar-refractivity contribution in [1.29, 1.82) is 0 Å². The Hall–Kier alpha value is -1.69. The molecular formula is C18H24N2O3S. The average Bonchev–Trinajstić information content (AvgIpc) is 2.89. The molecular weight excluding hydrogens is 324 g/mol. The molecule has 0 saturated carbocycles. The maximum absolute atomic E-state index is 13.1. The number of aromatic nitrogens is 2. The van der Waals surface area contributed by atoms with Crippen molar-refractivity contribution in [2.75, 3.05) is 6.61 Å². The fraction of sp³-hybridized carbons (Fsp3) is 0.611. The van der Waals surface area contributed by atoms with Gasteiger partial charge in [-0.15, -0.1) is 11.3 Å². The number of thiophene rings is 1. The number of fused-ring (bicyclic) bond motifs is 3. The minimum atomic E-state index is -0.654. The molecule has 2 aromatic rings. The standard InChI is InChI=1S/C18H24N2O3S/c1-5-8-23-18(22)11(3)20-12(4)19-16-15(17(20)21)13-7-6-10(2)9-14(13)24-16/h10-11H,5-9H2,1-4H3. The normalized spacial score (nSPS) is 18.4. The summed E-state index contributed by atoms with van der Waals surface area (Å²) in [6.45, 7) is 8.06. The number of hydrogen-bond acceptors (Lipinski definition) is 5. The molecule has 0 saturated heterocycles. The molecule has 0 aliphatic heterocycles. The summed E-state index contributed by atoms with van der Waals surface area (Å²) < 4.78 is 6.71. The summed E-state index contributed by atoms with van der Waals surface area (Å²) in [5.74, 6) is 0.845. The number of nitrogens with zero attached hydrogens (tertiary/aromatic N) is 2. The van der Waals surface area contributed by atoms with Gasteiger partial charge in [-0.3, -0.25) is 9.36 Å². The van der Waals surface area contributed by atoms with Crippen molar-refractivity contribution in [1.82, 2.24) is 9.55 Å².